The lowest BCUT2D eigenvalue weighted by Gasteiger charge is -2.22. The molecule has 1 aromatic carbocycles. The molecule has 1 amide bonds. The minimum atomic E-state index is -0.344. The van der Waals surface area contributed by atoms with Crippen LogP contribution in [0.15, 0.2) is 18.2 Å². The van der Waals surface area contributed by atoms with Crippen LogP contribution in [0.5, 0.6) is 5.75 Å². The van der Waals surface area contributed by atoms with Crippen LogP contribution < -0.4 is 15.4 Å². The fraction of sp³-hybridized carbons (Fsp3) is 0.611. The number of halogens is 2. The van der Waals surface area contributed by atoms with Crippen LogP contribution in [0.3, 0.4) is 0 Å². The van der Waals surface area contributed by atoms with Crippen LogP contribution >= 0.6 is 12.4 Å². The van der Waals surface area contributed by atoms with Crippen molar-refractivity contribution < 1.29 is 13.9 Å². The molecule has 6 heteroatoms. The lowest BCUT2D eigenvalue weighted by molar-refractivity contribution is -0.116. The second-order valence-corrected chi connectivity index (χ2v) is 6.68. The molecule has 2 fully saturated rings. The Bertz CT molecular complexity index is 546. The van der Waals surface area contributed by atoms with Crippen molar-refractivity contribution in [1.29, 1.82) is 0 Å². The summed E-state index contributed by atoms with van der Waals surface area (Å²) in [4.78, 5) is 12.2. The van der Waals surface area contributed by atoms with Gasteiger partial charge < -0.3 is 15.4 Å². The van der Waals surface area contributed by atoms with E-state index in [0.29, 0.717) is 36.3 Å². The van der Waals surface area contributed by atoms with E-state index in [1.807, 2.05) is 0 Å². The number of hydrogen-bond donors (Lipinski definition) is 2. The maximum atomic E-state index is 13.4. The average molecular weight is 357 g/mol. The van der Waals surface area contributed by atoms with Gasteiger partial charge in [-0.05, 0) is 69.2 Å². The number of carbonyl (C=O) groups is 1. The van der Waals surface area contributed by atoms with Crippen molar-refractivity contribution in [2.45, 2.75) is 38.5 Å². The fourth-order valence-corrected chi connectivity index (χ4v) is 2.93. The largest absolute Gasteiger partial charge is 0.491 e. The van der Waals surface area contributed by atoms with Gasteiger partial charge in [0.2, 0.25) is 5.91 Å². The van der Waals surface area contributed by atoms with Crippen molar-refractivity contribution in [2.24, 2.45) is 11.8 Å². The molecule has 0 aromatic heterocycles. The Morgan fingerprint density at radius 1 is 1.21 bits per heavy atom. The maximum absolute atomic E-state index is 13.4. The Balaban J connectivity index is 0.00000208. The molecule has 0 spiro atoms. The Labute approximate surface area is 148 Å². The van der Waals surface area contributed by atoms with E-state index < -0.39 is 0 Å². The number of benzene rings is 1. The van der Waals surface area contributed by atoms with E-state index in [1.165, 1.54) is 25.0 Å². The Hall–Kier alpha value is -1.33. The molecule has 0 atom stereocenters. The maximum Gasteiger partial charge on any atom is 0.224 e. The van der Waals surface area contributed by atoms with Gasteiger partial charge >= 0.3 is 0 Å². The van der Waals surface area contributed by atoms with Crippen LogP contribution in [0, 0.1) is 17.7 Å². The lowest BCUT2D eigenvalue weighted by Crippen LogP contribution is -2.28. The lowest BCUT2D eigenvalue weighted by atomic mass is 9.93. The van der Waals surface area contributed by atoms with Crippen molar-refractivity contribution in [3.05, 3.63) is 24.0 Å². The summed E-state index contributed by atoms with van der Waals surface area (Å²) in [5, 5.41) is 6.21. The first-order valence-corrected chi connectivity index (χ1v) is 8.63. The van der Waals surface area contributed by atoms with Gasteiger partial charge in [0.1, 0.15) is 11.6 Å². The zero-order valence-electron chi connectivity index (χ0n) is 13.9. The molecule has 2 N–H and O–H groups in total. The van der Waals surface area contributed by atoms with Crippen LogP contribution in [-0.2, 0) is 4.79 Å². The molecule has 1 saturated carbocycles. The molecule has 1 aliphatic heterocycles. The van der Waals surface area contributed by atoms with Crippen LogP contribution in [-0.4, -0.2) is 25.6 Å². The van der Waals surface area contributed by atoms with Crippen molar-refractivity contribution >= 4 is 24.0 Å². The first-order valence-electron chi connectivity index (χ1n) is 8.63. The molecule has 0 bridgehead atoms. The number of nitrogens with one attached hydrogen (secondary N) is 2. The fourth-order valence-electron chi connectivity index (χ4n) is 2.93. The molecule has 1 saturated heterocycles. The predicted molar refractivity (Wildman–Crippen MR) is 95.3 cm³/mol. The number of anilines is 1. The monoisotopic (exact) mass is 356 g/mol. The normalized spacial score (nSPS) is 17.9. The molecular weight excluding hydrogens is 331 g/mol. The Morgan fingerprint density at radius 2 is 1.96 bits per heavy atom. The minimum absolute atomic E-state index is 0. The summed E-state index contributed by atoms with van der Waals surface area (Å²) in [5.41, 5.74) is 0.572. The second-order valence-electron chi connectivity index (χ2n) is 6.68. The number of rotatable bonds is 7. The second kappa shape index (κ2) is 9.23. The summed E-state index contributed by atoms with van der Waals surface area (Å²) >= 11 is 0. The number of amides is 1. The Morgan fingerprint density at radius 3 is 2.67 bits per heavy atom. The molecule has 2 aliphatic rings. The minimum Gasteiger partial charge on any atom is -0.491 e. The number of hydrogen-bond acceptors (Lipinski definition) is 3. The summed E-state index contributed by atoms with van der Waals surface area (Å²) in [6.07, 6.45) is 6.04. The summed E-state index contributed by atoms with van der Waals surface area (Å²) in [6.45, 7) is 2.69. The summed E-state index contributed by atoms with van der Waals surface area (Å²) in [6, 6.07) is 4.29. The summed E-state index contributed by atoms with van der Waals surface area (Å²) in [7, 11) is 0. The molecule has 1 aromatic rings. The van der Waals surface area contributed by atoms with Gasteiger partial charge in [-0.2, -0.15) is 0 Å². The number of piperidine rings is 1. The SMILES string of the molecule is Cl.O=C(CCC1CCNCC1)Nc1ccc(F)cc1OCC1CC1. The summed E-state index contributed by atoms with van der Waals surface area (Å²) in [5.74, 6) is 1.28. The zero-order valence-corrected chi connectivity index (χ0v) is 14.7. The van der Waals surface area contributed by atoms with Gasteiger partial charge in [-0.15, -0.1) is 12.4 Å². The molecule has 1 heterocycles. The van der Waals surface area contributed by atoms with Crippen LogP contribution in [0.4, 0.5) is 10.1 Å². The van der Waals surface area contributed by atoms with Gasteiger partial charge in [-0.1, -0.05) is 0 Å². The molecule has 1 aliphatic carbocycles. The smallest absolute Gasteiger partial charge is 0.224 e. The molecule has 134 valence electrons. The third-order valence-corrected chi connectivity index (χ3v) is 4.63. The molecule has 24 heavy (non-hydrogen) atoms. The molecule has 0 unspecified atom stereocenters. The number of carbonyl (C=O) groups excluding carboxylic acids is 1. The van der Waals surface area contributed by atoms with Gasteiger partial charge in [-0.25, -0.2) is 4.39 Å². The van der Waals surface area contributed by atoms with E-state index in [0.717, 1.165) is 32.4 Å². The first kappa shape index (κ1) is 19.0. The Kier molecular flexibility index (Phi) is 7.31. The average Bonchev–Trinajstić information content (AvgIpc) is 3.38. The van der Waals surface area contributed by atoms with Gasteiger partial charge in [0, 0.05) is 12.5 Å². The highest BCUT2D eigenvalue weighted by Crippen LogP contribution is 2.32. The first-order chi connectivity index (χ1) is 11.2. The topological polar surface area (TPSA) is 50.4 Å². The van der Waals surface area contributed by atoms with E-state index in [4.69, 9.17) is 4.74 Å². The quantitative estimate of drug-likeness (QED) is 0.782. The van der Waals surface area contributed by atoms with Crippen molar-refractivity contribution in [2.75, 3.05) is 25.0 Å². The standard InChI is InChI=1S/C18H25FN2O2.ClH/c19-15-4-5-16(17(11-15)23-12-14-1-2-14)21-18(22)6-3-13-7-9-20-10-8-13;/h4-5,11,13-14,20H,1-3,6-10,12H2,(H,21,22);1H. The summed E-state index contributed by atoms with van der Waals surface area (Å²) < 4.78 is 19.1. The third-order valence-electron chi connectivity index (χ3n) is 4.63. The van der Waals surface area contributed by atoms with Crippen LogP contribution in [0.2, 0.25) is 0 Å². The predicted octanol–water partition coefficient (Wildman–Crippen LogP) is 3.75. The third kappa shape index (κ3) is 5.95. The molecule has 4 nitrogen and oxygen atoms in total. The highest BCUT2D eigenvalue weighted by Gasteiger charge is 2.23. The van der Waals surface area contributed by atoms with Crippen LogP contribution in [0.1, 0.15) is 38.5 Å². The van der Waals surface area contributed by atoms with Crippen molar-refractivity contribution in [3.63, 3.8) is 0 Å². The number of ether oxygens (including phenoxy) is 1. The van der Waals surface area contributed by atoms with Crippen LogP contribution in [0.25, 0.3) is 0 Å². The van der Waals surface area contributed by atoms with Crippen molar-refractivity contribution in [3.8, 4) is 5.75 Å². The van der Waals surface area contributed by atoms with E-state index in [-0.39, 0.29) is 24.1 Å². The highest BCUT2D eigenvalue weighted by molar-refractivity contribution is 5.92. The van der Waals surface area contributed by atoms with Crippen molar-refractivity contribution in [1.82, 2.24) is 5.32 Å². The van der Waals surface area contributed by atoms with Gasteiger partial charge in [0.15, 0.2) is 0 Å². The van der Waals surface area contributed by atoms with Gasteiger partial charge in [-0.3, -0.25) is 4.79 Å². The highest BCUT2D eigenvalue weighted by atomic mass is 35.5. The van der Waals surface area contributed by atoms with E-state index in [2.05, 4.69) is 10.6 Å². The molecular formula is C18H26ClFN2O2. The van der Waals surface area contributed by atoms with E-state index in [1.54, 1.807) is 6.07 Å². The zero-order chi connectivity index (χ0) is 16.1. The molecule has 0 radical (unpaired) electrons. The van der Waals surface area contributed by atoms with E-state index >= 15 is 0 Å². The van der Waals surface area contributed by atoms with Gasteiger partial charge in [0.25, 0.3) is 0 Å². The molecule has 3 rings (SSSR count). The van der Waals surface area contributed by atoms with E-state index in [9.17, 15) is 9.18 Å². The van der Waals surface area contributed by atoms with Gasteiger partial charge in [0.05, 0.1) is 12.3 Å².